The average molecular weight is 212 g/mol. The van der Waals surface area contributed by atoms with Crippen LogP contribution >= 0.6 is 0 Å². The Balaban J connectivity index is 2.12. The number of unbranched alkanes of at least 4 members (excludes halogenated alkanes) is 1. The van der Waals surface area contributed by atoms with E-state index in [-0.39, 0.29) is 0 Å². The molecule has 1 heterocycles. The lowest BCUT2D eigenvalue weighted by molar-refractivity contribution is 0.189. The lowest BCUT2D eigenvalue weighted by atomic mass is 10.0. The molecule has 90 valence electrons. The third-order valence-electron chi connectivity index (χ3n) is 3.55. The molecule has 0 bridgehead atoms. The van der Waals surface area contributed by atoms with Gasteiger partial charge in [0.1, 0.15) is 0 Å². The highest BCUT2D eigenvalue weighted by molar-refractivity contribution is 4.78. The summed E-state index contributed by atoms with van der Waals surface area (Å²) in [4.78, 5) is 2.62. The molecule has 1 N–H and O–H groups in total. The van der Waals surface area contributed by atoms with Gasteiger partial charge in [0.05, 0.1) is 0 Å². The van der Waals surface area contributed by atoms with E-state index in [0.717, 1.165) is 6.04 Å². The SMILES string of the molecule is CCCCN1CCC(NC(C)CC)CC1. The van der Waals surface area contributed by atoms with Gasteiger partial charge in [0.25, 0.3) is 0 Å². The van der Waals surface area contributed by atoms with Gasteiger partial charge in [-0.1, -0.05) is 20.3 Å². The normalized spacial score (nSPS) is 21.8. The third kappa shape index (κ3) is 4.98. The van der Waals surface area contributed by atoms with Crippen LogP contribution in [0.15, 0.2) is 0 Å². The van der Waals surface area contributed by atoms with Crippen LogP contribution in [0.4, 0.5) is 0 Å². The molecule has 1 saturated heterocycles. The zero-order valence-electron chi connectivity index (χ0n) is 10.8. The maximum Gasteiger partial charge on any atom is 0.00938 e. The largest absolute Gasteiger partial charge is 0.311 e. The molecule has 1 unspecified atom stereocenters. The van der Waals surface area contributed by atoms with E-state index in [1.54, 1.807) is 0 Å². The quantitative estimate of drug-likeness (QED) is 0.728. The number of likely N-dealkylation sites (tertiary alicyclic amines) is 1. The predicted molar refractivity (Wildman–Crippen MR) is 67.3 cm³/mol. The summed E-state index contributed by atoms with van der Waals surface area (Å²) in [5.74, 6) is 0. The van der Waals surface area contributed by atoms with Crippen LogP contribution in [0.2, 0.25) is 0 Å². The van der Waals surface area contributed by atoms with Crippen molar-refractivity contribution >= 4 is 0 Å². The maximum atomic E-state index is 3.72. The topological polar surface area (TPSA) is 15.3 Å². The zero-order chi connectivity index (χ0) is 11.1. The van der Waals surface area contributed by atoms with Crippen LogP contribution in [0.25, 0.3) is 0 Å². The van der Waals surface area contributed by atoms with Crippen molar-refractivity contribution < 1.29 is 0 Å². The lowest BCUT2D eigenvalue weighted by Gasteiger charge is -2.33. The first-order chi connectivity index (χ1) is 7.26. The second-order valence-electron chi connectivity index (χ2n) is 4.95. The standard InChI is InChI=1S/C13H28N2/c1-4-6-9-15-10-7-13(8-11-15)14-12(3)5-2/h12-14H,4-11H2,1-3H3. The Bertz CT molecular complexity index is 151. The summed E-state index contributed by atoms with van der Waals surface area (Å²) >= 11 is 0. The molecular formula is C13H28N2. The molecular weight excluding hydrogens is 184 g/mol. The van der Waals surface area contributed by atoms with Crippen molar-refractivity contribution in [2.75, 3.05) is 19.6 Å². The molecule has 0 aromatic rings. The van der Waals surface area contributed by atoms with Gasteiger partial charge in [-0.25, -0.2) is 0 Å². The molecule has 15 heavy (non-hydrogen) atoms. The van der Waals surface area contributed by atoms with Crippen molar-refractivity contribution in [1.29, 1.82) is 0 Å². The fourth-order valence-corrected chi connectivity index (χ4v) is 2.23. The van der Waals surface area contributed by atoms with Gasteiger partial charge in [0.15, 0.2) is 0 Å². The smallest absolute Gasteiger partial charge is 0.00938 e. The third-order valence-corrected chi connectivity index (χ3v) is 3.55. The van der Waals surface area contributed by atoms with Crippen LogP contribution in [-0.2, 0) is 0 Å². The zero-order valence-corrected chi connectivity index (χ0v) is 10.8. The second kappa shape index (κ2) is 7.24. The van der Waals surface area contributed by atoms with E-state index in [1.807, 2.05) is 0 Å². The summed E-state index contributed by atoms with van der Waals surface area (Å²) in [6.07, 6.45) is 6.62. The highest BCUT2D eigenvalue weighted by atomic mass is 15.1. The Labute approximate surface area is 95.4 Å². The second-order valence-corrected chi connectivity index (χ2v) is 4.95. The summed E-state index contributed by atoms with van der Waals surface area (Å²) in [7, 11) is 0. The summed E-state index contributed by atoms with van der Waals surface area (Å²) in [6, 6.07) is 1.47. The number of nitrogens with one attached hydrogen (secondary N) is 1. The van der Waals surface area contributed by atoms with Crippen LogP contribution in [0.1, 0.15) is 52.9 Å². The molecule has 1 fully saturated rings. The van der Waals surface area contributed by atoms with E-state index in [9.17, 15) is 0 Å². The van der Waals surface area contributed by atoms with E-state index in [2.05, 4.69) is 31.0 Å². The van der Waals surface area contributed by atoms with Gasteiger partial charge in [-0.3, -0.25) is 0 Å². The van der Waals surface area contributed by atoms with E-state index >= 15 is 0 Å². The minimum Gasteiger partial charge on any atom is -0.311 e. The van der Waals surface area contributed by atoms with Crippen molar-refractivity contribution in [3.8, 4) is 0 Å². The lowest BCUT2D eigenvalue weighted by Crippen LogP contribution is -2.45. The predicted octanol–water partition coefficient (Wildman–Crippen LogP) is 2.64. The Morgan fingerprint density at radius 1 is 1.27 bits per heavy atom. The molecule has 0 saturated carbocycles. The molecule has 1 aliphatic heterocycles. The molecule has 1 atom stereocenters. The number of rotatable bonds is 6. The van der Waals surface area contributed by atoms with Crippen LogP contribution < -0.4 is 5.32 Å². The first kappa shape index (κ1) is 13.0. The first-order valence-corrected chi connectivity index (χ1v) is 6.74. The maximum absolute atomic E-state index is 3.72. The number of piperidine rings is 1. The molecule has 2 nitrogen and oxygen atoms in total. The molecule has 0 radical (unpaired) electrons. The van der Waals surface area contributed by atoms with Crippen LogP contribution in [0.5, 0.6) is 0 Å². The minimum absolute atomic E-state index is 0.692. The highest BCUT2D eigenvalue weighted by Gasteiger charge is 2.19. The Hall–Kier alpha value is -0.0800. The highest BCUT2D eigenvalue weighted by Crippen LogP contribution is 2.12. The van der Waals surface area contributed by atoms with Crippen LogP contribution in [0, 0.1) is 0 Å². The number of hydrogen-bond donors (Lipinski definition) is 1. The van der Waals surface area contributed by atoms with Gasteiger partial charge >= 0.3 is 0 Å². The van der Waals surface area contributed by atoms with Crippen molar-refractivity contribution in [2.45, 2.75) is 65.0 Å². The van der Waals surface area contributed by atoms with Gasteiger partial charge in [-0.15, -0.1) is 0 Å². The molecule has 1 rings (SSSR count). The Kier molecular flexibility index (Phi) is 6.26. The van der Waals surface area contributed by atoms with E-state index in [4.69, 9.17) is 0 Å². The first-order valence-electron chi connectivity index (χ1n) is 6.74. The fraction of sp³-hybridized carbons (Fsp3) is 1.00. The number of hydrogen-bond acceptors (Lipinski definition) is 2. The Morgan fingerprint density at radius 2 is 1.93 bits per heavy atom. The van der Waals surface area contributed by atoms with E-state index in [0.29, 0.717) is 6.04 Å². The summed E-state index contributed by atoms with van der Waals surface area (Å²) < 4.78 is 0. The Morgan fingerprint density at radius 3 is 2.47 bits per heavy atom. The monoisotopic (exact) mass is 212 g/mol. The van der Waals surface area contributed by atoms with Gasteiger partial charge in [0, 0.05) is 12.1 Å². The summed E-state index contributed by atoms with van der Waals surface area (Å²) in [6.45, 7) is 10.7. The van der Waals surface area contributed by atoms with Gasteiger partial charge < -0.3 is 10.2 Å². The van der Waals surface area contributed by atoms with Gasteiger partial charge in [0.2, 0.25) is 0 Å². The number of nitrogens with zero attached hydrogens (tertiary/aromatic N) is 1. The van der Waals surface area contributed by atoms with Crippen LogP contribution in [-0.4, -0.2) is 36.6 Å². The van der Waals surface area contributed by atoms with E-state index < -0.39 is 0 Å². The molecule has 1 aliphatic rings. The molecule has 0 aromatic carbocycles. The van der Waals surface area contributed by atoms with Crippen molar-refractivity contribution in [2.24, 2.45) is 0 Å². The minimum atomic E-state index is 0.692. The molecule has 0 aromatic heterocycles. The van der Waals surface area contributed by atoms with Gasteiger partial charge in [-0.05, 0) is 52.2 Å². The molecule has 0 amide bonds. The van der Waals surface area contributed by atoms with E-state index in [1.165, 1.54) is 51.7 Å². The fourth-order valence-electron chi connectivity index (χ4n) is 2.23. The molecule has 0 aliphatic carbocycles. The van der Waals surface area contributed by atoms with Gasteiger partial charge in [-0.2, -0.15) is 0 Å². The average Bonchev–Trinajstić information content (AvgIpc) is 2.28. The molecule has 2 heteroatoms. The van der Waals surface area contributed by atoms with Crippen molar-refractivity contribution in [1.82, 2.24) is 10.2 Å². The summed E-state index contributed by atoms with van der Waals surface area (Å²) in [5, 5.41) is 3.72. The molecule has 0 spiro atoms. The summed E-state index contributed by atoms with van der Waals surface area (Å²) in [5.41, 5.74) is 0. The van der Waals surface area contributed by atoms with Crippen LogP contribution in [0.3, 0.4) is 0 Å². The van der Waals surface area contributed by atoms with Crippen molar-refractivity contribution in [3.05, 3.63) is 0 Å². The van der Waals surface area contributed by atoms with Crippen molar-refractivity contribution in [3.63, 3.8) is 0 Å².